The molecular formula is C11H17ClN4O3S. The van der Waals surface area contributed by atoms with Gasteiger partial charge in [-0.25, -0.2) is 9.97 Å². The molecule has 0 bridgehead atoms. The van der Waals surface area contributed by atoms with Gasteiger partial charge in [0.05, 0.1) is 17.4 Å². The van der Waals surface area contributed by atoms with Gasteiger partial charge in [-0.3, -0.25) is 0 Å². The Morgan fingerprint density at radius 2 is 1.85 bits per heavy atom. The lowest BCUT2D eigenvalue weighted by atomic mass is 10.1. The fraction of sp³-hybridized carbons (Fsp3) is 0.636. The van der Waals surface area contributed by atoms with Crippen molar-refractivity contribution in [1.82, 2.24) is 18.6 Å². The first-order valence-corrected chi connectivity index (χ1v) is 7.99. The van der Waals surface area contributed by atoms with Gasteiger partial charge in [0.1, 0.15) is 6.10 Å². The molecule has 1 fully saturated rings. The zero-order valence-electron chi connectivity index (χ0n) is 11.4. The first-order valence-electron chi connectivity index (χ1n) is 6.21. The van der Waals surface area contributed by atoms with Crippen LogP contribution in [-0.4, -0.2) is 60.3 Å². The molecule has 7 nitrogen and oxygen atoms in total. The summed E-state index contributed by atoms with van der Waals surface area (Å²) < 4.78 is 32.2. The Kier molecular flexibility index (Phi) is 4.79. The van der Waals surface area contributed by atoms with Gasteiger partial charge < -0.3 is 4.74 Å². The molecule has 1 aromatic heterocycles. The van der Waals surface area contributed by atoms with Crippen LogP contribution in [0.2, 0.25) is 5.02 Å². The van der Waals surface area contributed by atoms with E-state index in [9.17, 15) is 8.42 Å². The molecule has 0 aliphatic carbocycles. The van der Waals surface area contributed by atoms with Crippen LogP contribution >= 0.6 is 11.6 Å². The van der Waals surface area contributed by atoms with E-state index in [4.69, 9.17) is 16.3 Å². The Hall–Kier alpha value is -0.960. The number of rotatable bonds is 4. The number of aromatic nitrogens is 2. The second kappa shape index (κ2) is 6.21. The highest BCUT2D eigenvalue weighted by molar-refractivity contribution is 7.86. The van der Waals surface area contributed by atoms with Crippen molar-refractivity contribution in [2.45, 2.75) is 18.9 Å². The van der Waals surface area contributed by atoms with Crippen LogP contribution < -0.4 is 4.74 Å². The lowest BCUT2D eigenvalue weighted by molar-refractivity contribution is 0.122. The van der Waals surface area contributed by atoms with Crippen molar-refractivity contribution >= 4 is 21.8 Å². The molecule has 9 heteroatoms. The molecule has 0 aromatic carbocycles. The minimum Gasteiger partial charge on any atom is -0.460 e. The van der Waals surface area contributed by atoms with Gasteiger partial charge >= 0.3 is 6.01 Å². The maximum absolute atomic E-state index is 12.0. The third kappa shape index (κ3) is 3.57. The Balaban J connectivity index is 1.90. The van der Waals surface area contributed by atoms with Gasteiger partial charge in [0.25, 0.3) is 10.2 Å². The van der Waals surface area contributed by atoms with Gasteiger partial charge in [-0.15, -0.1) is 0 Å². The molecule has 112 valence electrons. The van der Waals surface area contributed by atoms with Gasteiger partial charge in [0.15, 0.2) is 0 Å². The van der Waals surface area contributed by atoms with Crippen LogP contribution in [0.1, 0.15) is 12.8 Å². The van der Waals surface area contributed by atoms with Crippen LogP contribution in [0.15, 0.2) is 12.4 Å². The summed E-state index contributed by atoms with van der Waals surface area (Å²) in [7, 11) is -0.285. The summed E-state index contributed by atoms with van der Waals surface area (Å²) in [5.74, 6) is 0. The molecule has 2 heterocycles. The third-order valence-electron chi connectivity index (χ3n) is 3.06. The van der Waals surface area contributed by atoms with Crippen LogP contribution in [0.3, 0.4) is 0 Å². The highest BCUT2D eigenvalue weighted by Gasteiger charge is 2.30. The van der Waals surface area contributed by atoms with E-state index in [0.717, 1.165) is 0 Å². The van der Waals surface area contributed by atoms with Crippen molar-refractivity contribution < 1.29 is 13.2 Å². The van der Waals surface area contributed by atoms with Crippen LogP contribution in [0, 0.1) is 0 Å². The minimum atomic E-state index is -3.34. The standard InChI is InChI=1S/C11H17ClN4O3S/c1-15(2)20(17,18)16-5-3-10(4-6-16)19-11-13-7-9(12)8-14-11/h7-8,10H,3-6H2,1-2H3. The van der Waals surface area contributed by atoms with E-state index < -0.39 is 10.2 Å². The molecule has 0 atom stereocenters. The maximum Gasteiger partial charge on any atom is 0.316 e. The Labute approximate surface area is 123 Å². The Bertz CT molecular complexity index is 541. The topological polar surface area (TPSA) is 75.6 Å². The van der Waals surface area contributed by atoms with E-state index in [1.807, 2.05) is 0 Å². The number of hydrogen-bond donors (Lipinski definition) is 0. The largest absolute Gasteiger partial charge is 0.460 e. The second-order valence-electron chi connectivity index (χ2n) is 4.69. The molecule has 0 radical (unpaired) electrons. The lowest BCUT2D eigenvalue weighted by Crippen LogP contribution is -2.46. The summed E-state index contributed by atoms with van der Waals surface area (Å²) in [4.78, 5) is 7.93. The van der Waals surface area contributed by atoms with E-state index in [1.54, 1.807) is 0 Å². The predicted octanol–water partition coefficient (Wildman–Crippen LogP) is 0.780. The molecule has 0 saturated carbocycles. The van der Waals surface area contributed by atoms with E-state index >= 15 is 0 Å². The van der Waals surface area contributed by atoms with Crippen molar-refractivity contribution in [3.8, 4) is 6.01 Å². The number of hydrogen-bond acceptors (Lipinski definition) is 5. The average Bonchev–Trinajstić information content (AvgIpc) is 2.42. The first-order chi connectivity index (χ1) is 9.39. The molecule has 1 aliphatic rings. The zero-order valence-corrected chi connectivity index (χ0v) is 12.9. The normalized spacial score (nSPS) is 18.4. The molecule has 1 saturated heterocycles. The quantitative estimate of drug-likeness (QED) is 0.819. The van der Waals surface area contributed by atoms with Gasteiger partial charge in [0, 0.05) is 27.2 Å². The van der Waals surface area contributed by atoms with Crippen molar-refractivity contribution in [1.29, 1.82) is 0 Å². The molecule has 0 amide bonds. The van der Waals surface area contributed by atoms with Gasteiger partial charge in [-0.05, 0) is 12.8 Å². The fourth-order valence-corrected chi connectivity index (χ4v) is 3.15. The number of nitrogens with zero attached hydrogens (tertiary/aromatic N) is 4. The fourth-order valence-electron chi connectivity index (χ4n) is 1.92. The SMILES string of the molecule is CN(C)S(=O)(=O)N1CCC(Oc2ncc(Cl)cn2)CC1. The summed E-state index contributed by atoms with van der Waals surface area (Å²) in [6, 6.07) is 0.267. The van der Waals surface area contributed by atoms with Crippen molar-refractivity contribution in [3.05, 3.63) is 17.4 Å². The van der Waals surface area contributed by atoms with Crippen molar-refractivity contribution in [2.75, 3.05) is 27.2 Å². The summed E-state index contributed by atoms with van der Waals surface area (Å²) in [6.45, 7) is 0.859. The van der Waals surface area contributed by atoms with Gasteiger partial charge in [-0.1, -0.05) is 11.6 Å². The Morgan fingerprint density at radius 3 is 2.35 bits per heavy atom. The van der Waals surface area contributed by atoms with Crippen molar-refractivity contribution in [3.63, 3.8) is 0 Å². The van der Waals surface area contributed by atoms with Crippen LogP contribution in [0.5, 0.6) is 6.01 Å². The molecule has 2 rings (SSSR count). The molecule has 0 spiro atoms. The van der Waals surface area contributed by atoms with Crippen LogP contribution in [0.4, 0.5) is 0 Å². The average molecular weight is 321 g/mol. The van der Waals surface area contributed by atoms with E-state index in [-0.39, 0.29) is 12.1 Å². The molecule has 1 aliphatic heterocycles. The summed E-state index contributed by atoms with van der Waals surface area (Å²) >= 11 is 5.69. The van der Waals surface area contributed by atoms with Gasteiger partial charge in [0.2, 0.25) is 0 Å². The van der Waals surface area contributed by atoms with Crippen molar-refractivity contribution in [2.24, 2.45) is 0 Å². The van der Waals surface area contributed by atoms with E-state index in [0.29, 0.717) is 31.0 Å². The first kappa shape index (κ1) is 15.4. The highest BCUT2D eigenvalue weighted by Crippen LogP contribution is 2.19. The monoisotopic (exact) mass is 320 g/mol. The second-order valence-corrected chi connectivity index (χ2v) is 7.27. The van der Waals surface area contributed by atoms with Gasteiger partial charge in [-0.2, -0.15) is 17.0 Å². The molecular weight excluding hydrogens is 304 g/mol. The number of halogens is 1. The number of ether oxygens (including phenoxy) is 1. The molecule has 0 N–H and O–H groups in total. The molecule has 1 aromatic rings. The van der Waals surface area contributed by atoms with E-state index in [1.165, 1.54) is 35.1 Å². The molecule has 0 unspecified atom stereocenters. The Morgan fingerprint density at radius 1 is 1.30 bits per heavy atom. The summed E-state index contributed by atoms with van der Waals surface area (Å²) in [5, 5.41) is 0.448. The minimum absolute atomic E-state index is 0.0789. The number of piperidine rings is 1. The zero-order chi connectivity index (χ0) is 14.8. The predicted molar refractivity (Wildman–Crippen MR) is 74.9 cm³/mol. The third-order valence-corrected chi connectivity index (χ3v) is 5.19. The smallest absolute Gasteiger partial charge is 0.316 e. The maximum atomic E-state index is 12.0. The lowest BCUT2D eigenvalue weighted by Gasteiger charge is -2.32. The summed E-state index contributed by atoms with van der Waals surface area (Å²) in [5.41, 5.74) is 0. The summed E-state index contributed by atoms with van der Waals surface area (Å²) in [6.07, 6.45) is 4.08. The van der Waals surface area contributed by atoms with Crippen LogP contribution in [0.25, 0.3) is 0 Å². The van der Waals surface area contributed by atoms with Crippen LogP contribution in [-0.2, 0) is 10.2 Å². The highest BCUT2D eigenvalue weighted by atomic mass is 35.5. The molecule has 20 heavy (non-hydrogen) atoms. The van der Waals surface area contributed by atoms with E-state index in [2.05, 4.69) is 9.97 Å².